The Morgan fingerprint density at radius 1 is 1.37 bits per heavy atom. The summed E-state index contributed by atoms with van der Waals surface area (Å²) in [5.74, 6) is -0.117. The van der Waals surface area contributed by atoms with Gasteiger partial charge in [-0.25, -0.2) is 0 Å². The Kier molecular flexibility index (Phi) is 3.90. The minimum atomic E-state index is -0.368. The summed E-state index contributed by atoms with van der Waals surface area (Å²) < 4.78 is 1.64. The third-order valence-corrected chi connectivity index (χ3v) is 3.45. The van der Waals surface area contributed by atoms with Crippen LogP contribution in [0.25, 0.3) is 0 Å². The molecular formula is C14H16ClN3O. The maximum Gasteiger partial charge on any atom is 0.248 e. The largest absolute Gasteiger partial charge is 0.324 e. The van der Waals surface area contributed by atoms with Gasteiger partial charge in [0.05, 0.1) is 5.69 Å². The number of carbonyl (C=O) groups is 1. The second kappa shape index (κ2) is 5.45. The maximum absolute atomic E-state index is 12.2. The number of rotatable bonds is 3. The molecule has 1 atom stereocenters. The second-order valence-electron chi connectivity index (χ2n) is 4.51. The van der Waals surface area contributed by atoms with Gasteiger partial charge < -0.3 is 5.32 Å². The van der Waals surface area contributed by atoms with E-state index in [-0.39, 0.29) is 11.9 Å². The van der Waals surface area contributed by atoms with Gasteiger partial charge in [-0.3, -0.25) is 9.48 Å². The molecule has 0 bridgehead atoms. The third-order valence-electron chi connectivity index (χ3n) is 3.04. The van der Waals surface area contributed by atoms with Crippen LogP contribution in [-0.4, -0.2) is 15.7 Å². The molecule has 0 aliphatic heterocycles. The van der Waals surface area contributed by atoms with Gasteiger partial charge in [-0.1, -0.05) is 17.7 Å². The molecule has 100 valence electrons. The van der Waals surface area contributed by atoms with Crippen LogP contribution in [0.4, 0.5) is 5.69 Å². The summed E-state index contributed by atoms with van der Waals surface area (Å²) in [7, 11) is 0. The van der Waals surface area contributed by atoms with Crippen molar-refractivity contribution >= 4 is 23.2 Å². The molecule has 4 nitrogen and oxygen atoms in total. The van der Waals surface area contributed by atoms with Gasteiger partial charge in [-0.2, -0.15) is 5.10 Å². The number of hydrogen-bond donors (Lipinski definition) is 1. The summed E-state index contributed by atoms with van der Waals surface area (Å²) in [6.45, 7) is 5.57. The van der Waals surface area contributed by atoms with Crippen molar-refractivity contribution in [2.24, 2.45) is 0 Å². The first-order valence-electron chi connectivity index (χ1n) is 6.07. The smallest absolute Gasteiger partial charge is 0.248 e. The molecule has 2 aromatic rings. The number of nitrogens with one attached hydrogen (secondary N) is 1. The van der Waals surface area contributed by atoms with Crippen molar-refractivity contribution in [3.63, 3.8) is 0 Å². The molecule has 1 aromatic heterocycles. The quantitative estimate of drug-likeness (QED) is 0.935. The molecule has 1 N–H and O–H groups in total. The number of carbonyl (C=O) groups excluding carboxylic acids is 1. The van der Waals surface area contributed by atoms with Crippen LogP contribution in [0.3, 0.4) is 0 Å². The van der Waals surface area contributed by atoms with Gasteiger partial charge in [0.15, 0.2) is 0 Å². The topological polar surface area (TPSA) is 46.9 Å². The normalized spacial score (nSPS) is 12.2. The van der Waals surface area contributed by atoms with E-state index < -0.39 is 0 Å². The standard InChI is InChI=1S/C14H16ClN3O/c1-9-7-8-18(17-9)11(3)14(19)16-13-6-4-5-12(15)10(13)2/h4-8,11H,1-3H3,(H,16,19). The van der Waals surface area contributed by atoms with E-state index in [0.717, 1.165) is 16.9 Å². The molecule has 0 radical (unpaired) electrons. The van der Waals surface area contributed by atoms with E-state index in [9.17, 15) is 4.79 Å². The minimum absolute atomic E-state index is 0.117. The highest BCUT2D eigenvalue weighted by Crippen LogP contribution is 2.23. The van der Waals surface area contributed by atoms with Crippen LogP contribution in [0.15, 0.2) is 30.5 Å². The lowest BCUT2D eigenvalue weighted by Gasteiger charge is -2.14. The molecule has 0 aliphatic carbocycles. The van der Waals surface area contributed by atoms with E-state index >= 15 is 0 Å². The van der Waals surface area contributed by atoms with Crippen molar-refractivity contribution < 1.29 is 4.79 Å². The summed E-state index contributed by atoms with van der Waals surface area (Å²) in [4.78, 5) is 12.2. The summed E-state index contributed by atoms with van der Waals surface area (Å²) >= 11 is 6.03. The van der Waals surface area contributed by atoms with Gasteiger partial charge in [0, 0.05) is 16.9 Å². The SMILES string of the molecule is Cc1ccn(C(C)C(=O)Nc2cccc(Cl)c2C)n1. The Morgan fingerprint density at radius 3 is 2.74 bits per heavy atom. The molecule has 19 heavy (non-hydrogen) atoms. The zero-order chi connectivity index (χ0) is 14.0. The van der Waals surface area contributed by atoms with E-state index in [2.05, 4.69) is 10.4 Å². The van der Waals surface area contributed by atoms with Crippen molar-refractivity contribution in [3.05, 3.63) is 46.7 Å². The van der Waals surface area contributed by atoms with E-state index in [1.807, 2.05) is 39.0 Å². The van der Waals surface area contributed by atoms with E-state index in [4.69, 9.17) is 11.6 Å². The highest BCUT2D eigenvalue weighted by molar-refractivity contribution is 6.31. The Balaban J connectivity index is 2.15. The Hall–Kier alpha value is -1.81. The number of aryl methyl sites for hydroxylation is 1. The summed E-state index contributed by atoms with van der Waals surface area (Å²) in [6, 6.07) is 6.95. The first-order chi connectivity index (χ1) is 8.99. The van der Waals surface area contributed by atoms with Gasteiger partial charge >= 0.3 is 0 Å². The fourth-order valence-corrected chi connectivity index (χ4v) is 1.92. The number of aromatic nitrogens is 2. The molecule has 1 aromatic carbocycles. The number of anilines is 1. The van der Waals surface area contributed by atoms with Crippen LogP contribution < -0.4 is 5.32 Å². The molecule has 0 saturated heterocycles. The molecule has 0 saturated carbocycles. The van der Waals surface area contributed by atoms with Crippen LogP contribution in [0.1, 0.15) is 24.2 Å². The highest BCUT2D eigenvalue weighted by Gasteiger charge is 2.16. The van der Waals surface area contributed by atoms with Gasteiger partial charge in [-0.05, 0) is 44.5 Å². The summed E-state index contributed by atoms with van der Waals surface area (Å²) in [6.07, 6.45) is 1.80. The lowest BCUT2D eigenvalue weighted by atomic mass is 10.2. The Labute approximate surface area is 117 Å². The average molecular weight is 278 g/mol. The number of benzene rings is 1. The van der Waals surface area contributed by atoms with Crippen molar-refractivity contribution in [3.8, 4) is 0 Å². The van der Waals surface area contributed by atoms with Crippen LogP contribution in [0.5, 0.6) is 0 Å². The van der Waals surface area contributed by atoms with Crippen molar-refractivity contribution in [1.82, 2.24) is 9.78 Å². The molecule has 1 unspecified atom stereocenters. The minimum Gasteiger partial charge on any atom is -0.324 e. The zero-order valence-electron chi connectivity index (χ0n) is 11.1. The van der Waals surface area contributed by atoms with E-state index in [1.165, 1.54) is 0 Å². The fraction of sp³-hybridized carbons (Fsp3) is 0.286. The van der Waals surface area contributed by atoms with E-state index in [1.54, 1.807) is 16.9 Å². The lowest BCUT2D eigenvalue weighted by Crippen LogP contribution is -2.24. The number of nitrogens with zero attached hydrogens (tertiary/aromatic N) is 2. The third kappa shape index (κ3) is 2.96. The lowest BCUT2D eigenvalue weighted by molar-refractivity contribution is -0.119. The Bertz CT molecular complexity index is 606. The predicted molar refractivity (Wildman–Crippen MR) is 76.5 cm³/mol. The summed E-state index contributed by atoms with van der Waals surface area (Å²) in [5, 5.41) is 7.76. The monoisotopic (exact) mass is 277 g/mol. The average Bonchev–Trinajstić information content (AvgIpc) is 2.80. The fourth-order valence-electron chi connectivity index (χ4n) is 1.75. The maximum atomic E-state index is 12.2. The van der Waals surface area contributed by atoms with Crippen molar-refractivity contribution in [1.29, 1.82) is 0 Å². The molecular weight excluding hydrogens is 262 g/mol. The van der Waals surface area contributed by atoms with Crippen LogP contribution in [0, 0.1) is 13.8 Å². The highest BCUT2D eigenvalue weighted by atomic mass is 35.5. The van der Waals surface area contributed by atoms with Crippen LogP contribution in [0.2, 0.25) is 5.02 Å². The van der Waals surface area contributed by atoms with Gasteiger partial charge in [0.1, 0.15) is 6.04 Å². The second-order valence-corrected chi connectivity index (χ2v) is 4.92. The van der Waals surface area contributed by atoms with Crippen LogP contribution in [-0.2, 0) is 4.79 Å². The molecule has 1 amide bonds. The molecule has 0 aliphatic rings. The molecule has 5 heteroatoms. The van der Waals surface area contributed by atoms with Gasteiger partial charge in [0.25, 0.3) is 0 Å². The number of halogens is 1. The van der Waals surface area contributed by atoms with Gasteiger partial charge in [0.2, 0.25) is 5.91 Å². The Morgan fingerprint density at radius 2 is 2.11 bits per heavy atom. The molecule has 0 fully saturated rings. The van der Waals surface area contributed by atoms with Gasteiger partial charge in [-0.15, -0.1) is 0 Å². The number of amides is 1. The van der Waals surface area contributed by atoms with Crippen LogP contribution >= 0.6 is 11.6 Å². The first-order valence-corrected chi connectivity index (χ1v) is 6.44. The first kappa shape index (κ1) is 13.6. The van der Waals surface area contributed by atoms with Crippen molar-refractivity contribution in [2.45, 2.75) is 26.8 Å². The molecule has 1 heterocycles. The molecule has 0 spiro atoms. The molecule has 2 rings (SSSR count). The van der Waals surface area contributed by atoms with E-state index in [0.29, 0.717) is 5.02 Å². The van der Waals surface area contributed by atoms with Crippen molar-refractivity contribution in [2.75, 3.05) is 5.32 Å². The summed E-state index contributed by atoms with van der Waals surface area (Å²) in [5.41, 5.74) is 2.48. The zero-order valence-corrected chi connectivity index (χ0v) is 11.9. The number of hydrogen-bond acceptors (Lipinski definition) is 2. The predicted octanol–water partition coefficient (Wildman–Crippen LogP) is 3.35.